The quantitative estimate of drug-likeness (QED) is 0.785. The number of alkyl halides is 3. The third-order valence-corrected chi connectivity index (χ3v) is 2.42. The summed E-state index contributed by atoms with van der Waals surface area (Å²) in [5.74, 6) is 0. The van der Waals surface area contributed by atoms with E-state index < -0.39 is 12.7 Å². The molecule has 1 rings (SSSR count). The summed E-state index contributed by atoms with van der Waals surface area (Å²) in [4.78, 5) is 11.1. The van der Waals surface area contributed by atoms with E-state index in [-0.39, 0.29) is 11.6 Å². The second-order valence-corrected chi connectivity index (χ2v) is 5.47. The van der Waals surface area contributed by atoms with Crippen molar-refractivity contribution in [2.24, 2.45) is 0 Å². The van der Waals surface area contributed by atoms with Crippen LogP contribution < -0.4 is 5.32 Å². The Labute approximate surface area is 112 Å². The largest absolute Gasteiger partial charge is 0.462 e. The lowest BCUT2D eigenvalue weighted by Gasteiger charge is -2.34. The molecule has 1 N–H and O–H groups in total. The van der Waals surface area contributed by atoms with Gasteiger partial charge in [0, 0.05) is 25.7 Å². The van der Waals surface area contributed by atoms with Crippen LogP contribution in [0.25, 0.3) is 0 Å². The number of ether oxygens (including phenoxy) is 1. The van der Waals surface area contributed by atoms with Crippen molar-refractivity contribution in [2.75, 3.05) is 26.2 Å². The molecule has 0 aromatic heterocycles. The molecule has 0 bridgehead atoms. The first-order valence-electron chi connectivity index (χ1n) is 6.18. The van der Waals surface area contributed by atoms with Gasteiger partial charge in [0.2, 0.25) is 0 Å². The third kappa shape index (κ3) is 10.8. The highest BCUT2D eigenvalue weighted by Gasteiger charge is 2.33. The summed E-state index contributed by atoms with van der Waals surface area (Å²) in [6, 6.07) is -0.0135. The second kappa shape index (κ2) is 7.69. The zero-order valence-electron chi connectivity index (χ0n) is 11.9. The molecule has 4 nitrogen and oxygen atoms in total. The van der Waals surface area contributed by atoms with Crippen LogP contribution in [0.4, 0.5) is 13.2 Å². The fraction of sp³-hybridized carbons (Fsp3) is 0.917. The first kappa shape index (κ1) is 18.2. The van der Waals surface area contributed by atoms with Crippen molar-refractivity contribution in [3.05, 3.63) is 0 Å². The molecule has 1 aliphatic rings. The molecule has 0 aromatic carbocycles. The molecule has 114 valence electrons. The average molecular weight is 284 g/mol. The van der Waals surface area contributed by atoms with Gasteiger partial charge in [-0.1, -0.05) is 0 Å². The van der Waals surface area contributed by atoms with Crippen LogP contribution in [0.1, 0.15) is 27.7 Å². The Morgan fingerprint density at radius 2 is 1.95 bits per heavy atom. The normalized spacial score (nSPS) is 21.3. The van der Waals surface area contributed by atoms with Gasteiger partial charge in [0.1, 0.15) is 5.60 Å². The molecule has 0 aliphatic carbocycles. The molecule has 1 fully saturated rings. The number of carbonyl (C=O) groups excluding carboxylic acids is 1. The van der Waals surface area contributed by atoms with Gasteiger partial charge in [-0.2, -0.15) is 13.2 Å². The lowest BCUT2D eigenvalue weighted by Crippen LogP contribution is -2.52. The van der Waals surface area contributed by atoms with Crippen molar-refractivity contribution in [1.29, 1.82) is 0 Å². The summed E-state index contributed by atoms with van der Waals surface area (Å²) in [5, 5.41) is 3.04. The van der Waals surface area contributed by atoms with Crippen LogP contribution in [0.2, 0.25) is 0 Å². The second-order valence-electron chi connectivity index (χ2n) is 5.47. The lowest BCUT2D eigenvalue weighted by atomic mass is 10.2. The molecular formula is C12H23F3N2O2. The highest BCUT2D eigenvalue weighted by atomic mass is 19.4. The van der Waals surface area contributed by atoms with Gasteiger partial charge in [-0.15, -0.1) is 0 Å². The third-order valence-electron chi connectivity index (χ3n) is 2.42. The van der Waals surface area contributed by atoms with Crippen molar-refractivity contribution >= 4 is 6.47 Å². The van der Waals surface area contributed by atoms with Crippen molar-refractivity contribution in [2.45, 2.75) is 45.5 Å². The van der Waals surface area contributed by atoms with Crippen LogP contribution in [0, 0.1) is 0 Å². The SMILES string of the molecule is CC(C)(C)OC=O.CC1CNCCN1CC(F)(F)F. The topological polar surface area (TPSA) is 41.6 Å². The Balaban J connectivity index is 0.000000399. The van der Waals surface area contributed by atoms with Gasteiger partial charge in [-0.05, 0) is 27.7 Å². The fourth-order valence-corrected chi connectivity index (χ4v) is 1.49. The predicted octanol–water partition coefficient (Wildman–Crippen LogP) is 1.80. The van der Waals surface area contributed by atoms with Crippen LogP contribution in [-0.2, 0) is 9.53 Å². The van der Waals surface area contributed by atoms with Gasteiger partial charge in [0.15, 0.2) is 0 Å². The molecule has 0 radical (unpaired) electrons. The number of rotatable bonds is 2. The highest BCUT2D eigenvalue weighted by Crippen LogP contribution is 2.18. The molecule has 0 saturated carbocycles. The number of carbonyl (C=O) groups is 1. The van der Waals surface area contributed by atoms with Crippen molar-refractivity contribution in [3.8, 4) is 0 Å². The van der Waals surface area contributed by atoms with E-state index >= 15 is 0 Å². The molecule has 1 unspecified atom stereocenters. The zero-order chi connectivity index (χ0) is 15.1. The molecule has 7 heteroatoms. The minimum Gasteiger partial charge on any atom is -0.462 e. The summed E-state index contributed by atoms with van der Waals surface area (Å²) in [7, 11) is 0. The smallest absolute Gasteiger partial charge is 0.401 e. The Morgan fingerprint density at radius 3 is 2.26 bits per heavy atom. The molecule has 0 aromatic rings. The molecule has 1 saturated heterocycles. The van der Waals surface area contributed by atoms with E-state index in [1.54, 1.807) is 6.92 Å². The minimum atomic E-state index is -4.06. The first-order chi connectivity index (χ1) is 8.55. The highest BCUT2D eigenvalue weighted by molar-refractivity contribution is 5.37. The van der Waals surface area contributed by atoms with E-state index in [9.17, 15) is 18.0 Å². The van der Waals surface area contributed by atoms with Crippen LogP contribution in [0.15, 0.2) is 0 Å². The van der Waals surface area contributed by atoms with Crippen molar-refractivity contribution < 1.29 is 22.7 Å². The molecule has 1 aliphatic heterocycles. The van der Waals surface area contributed by atoms with Gasteiger partial charge in [0.05, 0.1) is 6.54 Å². The maximum Gasteiger partial charge on any atom is 0.401 e. The van der Waals surface area contributed by atoms with Gasteiger partial charge < -0.3 is 10.1 Å². The molecule has 0 spiro atoms. The van der Waals surface area contributed by atoms with E-state index in [2.05, 4.69) is 10.1 Å². The van der Waals surface area contributed by atoms with E-state index in [4.69, 9.17) is 0 Å². The molecule has 1 heterocycles. The van der Waals surface area contributed by atoms with E-state index in [1.807, 2.05) is 20.8 Å². The summed E-state index contributed by atoms with van der Waals surface area (Å²) in [6.45, 7) is 8.73. The molecule has 19 heavy (non-hydrogen) atoms. The van der Waals surface area contributed by atoms with Gasteiger partial charge in [-0.3, -0.25) is 9.69 Å². The number of halogens is 3. The standard InChI is InChI=1S/C7H13F3N2.C5H10O2/c1-6-4-11-2-3-12(6)5-7(8,9)10;1-5(2,3)7-4-6/h6,11H,2-5H2,1H3;4H,1-3H3. The summed E-state index contributed by atoms with van der Waals surface area (Å²) in [5.41, 5.74) is -0.318. The van der Waals surface area contributed by atoms with Crippen LogP contribution >= 0.6 is 0 Å². The maximum atomic E-state index is 12.0. The summed E-state index contributed by atoms with van der Waals surface area (Å²) in [6.07, 6.45) is -4.06. The van der Waals surface area contributed by atoms with Crippen LogP contribution in [0.3, 0.4) is 0 Å². The monoisotopic (exact) mass is 284 g/mol. The van der Waals surface area contributed by atoms with Crippen LogP contribution in [0.5, 0.6) is 0 Å². The number of hydrogen-bond acceptors (Lipinski definition) is 4. The number of piperazine rings is 1. The Morgan fingerprint density at radius 1 is 1.37 bits per heavy atom. The van der Waals surface area contributed by atoms with Gasteiger partial charge in [0.25, 0.3) is 6.47 Å². The lowest BCUT2D eigenvalue weighted by molar-refractivity contribution is -0.151. The summed E-state index contributed by atoms with van der Waals surface area (Å²) >= 11 is 0. The Bertz CT molecular complexity index is 265. The van der Waals surface area contributed by atoms with Crippen molar-refractivity contribution in [1.82, 2.24) is 10.2 Å². The maximum absolute atomic E-state index is 12.0. The minimum absolute atomic E-state index is 0.0135. The predicted molar refractivity (Wildman–Crippen MR) is 66.9 cm³/mol. The van der Waals surface area contributed by atoms with E-state index in [0.29, 0.717) is 26.1 Å². The van der Waals surface area contributed by atoms with Gasteiger partial charge in [-0.25, -0.2) is 0 Å². The average Bonchev–Trinajstić information content (AvgIpc) is 2.18. The number of nitrogens with one attached hydrogen (secondary N) is 1. The molecule has 0 amide bonds. The summed E-state index contributed by atoms with van der Waals surface area (Å²) < 4.78 is 40.4. The van der Waals surface area contributed by atoms with Gasteiger partial charge >= 0.3 is 6.18 Å². The number of hydrogen-bond donors (Lipinski definition) is 1. The molecular weight excluding hydrogens is 261 g/mol. The Hall–Kier alpha value is -0.820. The first-order valence-corrected chi connectivity index (χ1v) is 6.18. The Kier molecular flexibility index (Phi) is 7.36. The van der Waals surface area contributed by atoms with E-state index in [1.165, 1.54) is 4.90 Å². The number of nitrogens with zero attached hydrogens (tertiary/aromatic N) is 1. The zero-order valence-corrected chi connectivity index (χ0v) is 11.9. The molecule has 1 atom stereocenters. The van der Waals surface area contributed by atoms with Crippen molar-refractivity contribution in [3.63, 3.8) is 0 Å². The van der Waals surface area contributed by atoms with Crippen LogP contribution in [-0.4, -0.2) is 55.4 Å². The fourth-order valence-electron chi connectivity index (χ4n) is 1.49. The van der Waals surface area contributed by atoms with E-state index in [0.717, 1.165) is 0 Å².